The molecule has 2 saturated carbocycles. The van der Waals surface area contributed by atoms with Crippen LogP contribution in [0.15, 0.2) is 91.0 Å². The average Bonchev–Trinajstić information content (AvgIpc) is 3.73. The molecule has 7 heteroatoms. The fraction of sp³-hybridized carbons (Fsp3) is 0.364. The topological polar surface area (TPSA) is 34.1 Å². The maximum Gasteiger partial charge on any atom is 0.207 e. The number of thioether (sulfide) groups is 2. The minimum absolute atomic E-state index is 0.419. The molecule has 0 radical (unpaired) electrons. The fourth-order valence-corrected chi connectivity index (χ4v) is 14.9. The van der Waals surface area contributed by atoms with Crippen molar-refractivity contribution in [2.24, 2.45) is 0 Å². The molecule has 2 heterocycles. The fourth-order valence-electron chi connectivity index (χ4n) is 8.67. The van der Waals surface area contributed by atoms with Crippen LogP contribution < -0.4 is 0 Å². The third-order valence-electron chi connectivity index (χ3n) is 11.2. The Morgan fingerprint density at radius 3 is 1.27 bits per heavy atom. The molecule has 0 bridgehead atoms. The molecule has 0 saturated heterocycles. The molecule has 0 unspecified atom stereocenters. The lowest BCUT2D eigenvalue weighted by Crippen LogP contribution is -2.05. The van der Waals surface area contributed by atoms with Gasteiger partial charge in [-0.05, 0) is 122 Å². The number of fused-ring (bicyclic) bond motifs is 2. The van der Waals surface area contributed by atoms with Crippen molar-refractivity contribution in [2.75, 3.05) is 12.5 Å². The largest absolute Gasteiger partial charge is 0.218 e. The first-order chi connectivity index (χ1) is 24.8. The second kappa shape index (κ2) is 14.7. The maximum atomic E-state index is 15.4. The van der Waals surface area contributed by atoms with Crippen molar-refractivity contribution in [2.45, 2.75) is 108 Å². The second-order valence-corrected chi connectivity index (χ2v) is 20.8. The van der Waals surface area contributed by atoms with Gasteiger partial charge in [-0.25, -0.2) is 8.42 Å². The summed E-state index contributed by atoms with van der Waals surface area (Å²) in [6.45, 7) is 4.05. The van der Waals surface area contributed by atoms with E-state index in [1.165, 1.54) is 75.3 Å². The number of sulfone groups is 1. The van der Waals surface area contributed by atoms with Crippen molar-refractivity contribution in [3.05, 3.63) is 95.1 Å². The van der Waals surface area contributed by atoms with Crippen LogP contribution in [-0.4, -0.2) is 20.9 Å². The first-order valence-electron chi connectivity index (χ1n) is 18.4. The molecule has 0 amide bonds. The van der Waals surface area contributed by atoms with Gasteiger partial charge in [0.05, 0.1) is 18.2 Å². The molecule has 4 aromatic carbocycles. The van der Waals surface area contributed by atoms with Crippen LogP contribution in [0.3, 0.4) is 0 Å². The normalized spacial score (nSPS) is 16.4. The summed E-state index contributed by atoms with van der Waals surface area (Å²) >= 11 is 6.86. The van der Waals surface area contributed by atoms with Crippen LogP contribution in [0.4, 0.5) is 0 Å². The Morgan fingerprint density at radius 2 is 0.922 bits per heavy atom. The highest BCUT2D eigenvalue weighted by molar-refractivity contribution is 8.01. The number of rotatable bonds is 8. The average molecular weight is 767 g/mol. The number of hydrogen-bond acceptors (Lipinski definition) is 6. The Labute approximate surface area is 320 Å². The first-order valence-corrected chi connectivity index (χ1v) is 24.0. The molecule has 6 aromatic rings. The summed E-state index contributed by atoms with van der Waals surface area (Å²) in [6, 6.07) is 26.3. The van der Waals surface area contributed by atoms with Crippen LogP contribution in [0.5, 0.6) is 0 Å². The monoisotopic (exact) mass is 766 g/mol. The molecule has 264 valence electrons. The van der Waals surface area contributed by atoms with E-state index >= 15 is 8.42 Å². The van der Waals surface area contributed by atoms with Crippen molar-refractivity contribution in [1.29, 1.82) is 0 Å². The van der Waals surface area contributed by atoms with Crippen LogP contribution in [-0.2, 0) is 9.84 Å². The van der Waals surface area contributed by atoms with Gasteiger partial charge in [-0.15, -0.1) is 46.2 Å². The molecule has 0 aliphatic heterocycles. The van der Waals surface area contributed by atoms with Crippen LogP contribution in [0.1, 0.15) is 98.3 Å². The van der Waals surface area contributed by atoms with E-state index in [1.807, 2.05) is 26.0 Å². The van der Waals surface area contributed by atoms with Crippen molar-refractivity contribution < 1.29 is 8.42 Å². The van der Waals surface area contributed by atoms with Gasteiger partial charge in [0.25, 0.3) is 0 Å². The first kappa shape index (κ1) is 35.5. The number of thiophene rings is 2. The van der Waals surface area contributed by atoms with Gasteiger partial charge in [-0.2, -0.15) is 0 Å². The Balaban J connectivity index is 1.30. The summed E-state index contributed by atoms with van der Waals surface area (Å²) in [4.78, 5) is 0.839. The van der Waals surface area contributed by atoms with Gasteiger partial charge in [0.15, 0.2) is 0 Å². The summed E-state index contributed by atoms with van der Waals surface area (Å²) in [5.41, 5.74) is 9.05. The lowest BCUT2D eigenvalue weighted by Gasteiger charge is -2.22. The van der Waals surface area contributed by atoms with Crippen molar-refractivity contribution in [3.8, 4) is 22.3 Å². The lowest BCUT2D eigenvalue weighted by atomic mass is 9.83. The molecule has 2 fully saturated rings. The number of benzene rings is 4. The number of aryl methyl sites for hydroxylation is 2. The van der Waals surface area contributed by atoms with Crippen molar-refractivity contribution >= 4 is 76.2 Å². The summed E-state index contributed by atoms with van der Waals surface area (Å²) in [7, 11) is -3.94. The highest BCUT2D eigenvalue weighted by Crippen LogP contribution is 2.51. The maximum absolute atomic E-state index is 15.4. The molecule has 51 heavy (non-hydrogen) atoms. The van der Waals surface area contributed by atoms with Crippen molar-refractivity contribution in [3.63, 3.8) is 0 Å². The highest BCUT2D eigenvalue weighted by Gasteiger charge is 2.31. The molecule has 2 nitrogen and oxygen atoms in total. The summed E-state index contributed by atoms with van der Waals surface area (Å²) in [5.74, 6) is 1.26. The quantitative estimate of drug-likeness (QED) is 0.145. The van der Waals surface area contributed by atoms with Crippen LogP contribution in [0, 0.1) is 13.8 Å². The highest BCUT2D eigenvalue weighted by atomic mass is 32.2. The van der Waals surface area contributed by atoms with E-state index in [-0.39, 0.29) is 0 Å². The zero-order chi connectivity index (χ0) is 35.3. The number of hydrogen-bond donors (Lipinski definition) is 0. The molecule has 0 N–H and O–H groups in total. The van der Waals surface area contributed by atoms with Gasteiger partial charge < -0.3 is 0 Å². The van der Waals surface area contributed by atoms with E-state index in [4.69, 9.17) is 0 Å². The standard InChI is InChI=1S/C44H46O2S5/c1-27-23-35-41(39(43(47-3)49-35)33-19-15-31(16-20-33)29-11-7-5-8-12-29)37(25-27)51(45,46)38-26-28(2)24-36-42(38)40(44(48-4)50-36)34-21-17-32(18-22-34)30-13-9-6-10-14-30/h15-26,29-30H,5-14H2,1-4H3. The minimum Gasteiger partial charge on any atom is -0.218 e. The smallest absolute Gasteiger partial charge is 0.207 e. The van der Waals surface area contributed by atoms with Gasteiger partial charge in [-0.3, -0.25) is 0 Å². The van der Waals surface area contributed by atoms with Gasteiger partial charge in [0.2, 0.25) is 9.84 Å². The Bertz CT molecular complexity index is 2160. The third kappa shape index (κ3) is 6.65. The summed E-state index contributed by atoms with van der Waals surface area (Å²) in [5, 5.41) is 1.71. The molecule has 2 aliphatic rings. The van der Waals surface area contributed by atoms with E-state index in [9.17, 15) is 0 Å². The zero-order valence-corrected chi connectivity index (χ0v) is 34.1. The van der Waals surface area contributed by atoms with Crippen LogP contribution in [0.25, 0.3) is 42.4 Å². The van der Waals surface area contributed by atoms with E-state index < -0.39 is 9.84 Å². The molecule has 0 spiro atoms. The van der Waals surface area contributed by atoms with E-state index in [1.54, 1.807) is 46.2 Å². The SMILES string of the molecule is CSc1sc2cc(C)cc(S(=O)(=O)c3cc(C)cc4sc(SC)c(-c5ccc(C6CCCCC6)cc5)c34)c2c1-c1ccc(C2CCCCC2)cc1. The van der Waals surface area contributed by atoms with Gasteiger partial charge in [0.1, 0.15) is 0 Å². The molecule has 0 atom stereocenters. The zero-order valence-electron chi connectivity index (χ0n) is 30.0. The Morgan fingerprint density at radius 1 is 0.549 bits per heavy atom. The lowest BCUT2D eigenvalue weighted by molar-refractivity contribution is 0.443. The Kier molecular flexibility index (Phi) is 10.2. The third-order valence-corrected chi connectivity index (χ3v) is 17.6. The molecule has 8 rings (SSSR count). The van der Waals surface area contributed by atoms with Crippen LogP contribution >= 0.6 is 46.2 Å². The summed E-state index contributed by atoms with van der Waals surface area (Å²) < 4.78 is 35.3. The molecular formula is C44H46O2S5. The van der Waals surface area contributed by atoms with E-state index in [0.29, 0.717) is 21.6 Å². The van der Waals surface area contributed by atoms with Crippen molar-refractivity contribution in [1.82, 2.24) is 0 Å². The predicted octanol–water partition coefficient (Wildman–Crippen LogP) is 14.4. The summed E-state index contributed by atoms with van der Waals surface area (Å²) in [6.07, 6.45) is 17.2. The van der Waals surface area contributed by atoms with Crippen LogP contribution in [0.2, 0.25) is 0 Å². The second-order valence-electron chi connectivity index (χ2n) is 14.6. The minimum atomic E-state index is -3.94. The van der Waals surface area contributed by atoms with Gasteiger partial charge in [-0.1, -0.05) is 87.1 Å². The molecular weight excluding hydrogens is 721 g/mol. The Hall–Kier alpha value is -2.55. The van der Waals surface area contributed by atoms with E-state index in [0.717, 1.165) is 62.0 Å². The van der Waals surface area contributed by atoms with Gasteiger partial charge >= 0.3 is 0 Å². The molecule has 2 aromatic heterocycles. The van der Waals surface area contributed by atoms with Gasteiger partial charge in [0, 0.05) is 31.3 Å². The predicted molar refractivity (Wildman–Crippen MR) is 225 cm³/mol. The van der Waals surface area contributed by atoms with E-state index in [2.05, 4.69) is 73.2 Å². The molecule has 2 aliphatic carbocycles.